The first-order valence-electron chi connectivity index (χ1n) is 5.48. The smallest absolute Gasteiger partial charge is 0.253 e. The van der Waals surface area contributed by atoms with Crippen LogP contribution in [0.5, 0.6) is 0 Å². The fraction of sp³-hybridized carbons (Fsp3) is 0.583. The first kappa shape index (κ1) is 12.0. The molecule has 0 saturated heterocycles. The molecule has 0 fully saturated rings. The van der Waals surface area contributed by atoms with Gasteiger partial charge >= 0.3 is 0 Å². The zero-order valence-corrected chi connectivity index (χ0v) is 9.79. The number of hydrogen-bond donors (Lipinski definition) is 1. The van der Waals surface area contributed by atoms with Crippen LogP contribution in [0.2, 0.25) is 0 Å². The van der Waals surface area contributed by atoms with Crippen LogP contribution in [0.4, 0.5) is 0 Å². The molecular formula is C12H20N2O. The molecule has 1 N–H and O–H groups in total. The second kappa shape index (κ2) is 5.71. The minimum Gasteiger partial charge on any atom is -0.315 e. The molecule has 0 bridgehead atoms. The molecule has 1 aromatic heterocycles. The number of hydrogen-bond acceptors (Lipinski definition) is 2. The van der Waals surface area contributed by atoms with E-state index < -0.39 is 0 Å². The van der Waals surface area contributed by atoms with Gasteiger partial charge in [0, 0.05) is 24.8 Å². The van der Waals surface area contributed by atoms with E-state index >= 15 is 0 Å². The summed E-state index contributed by atoms with van der Waals surface area (Å²) in [5, 5.41) is 3.32. The summed E-state index contributed by atoms with van der Waals surface area (Å²) >= 11 is 0. The average molecular weight is 208 g/mol. The Labute approximate surface area is 91.1 Å². The highest BCUT2D eigenvalue weighted by Gasteiger charge is 1.98. The highest BCUT2D eigenvalue weighted by atomic mass is 16.1. The van der Waals surface area contributed by atoms with Gasteiger partial charge in [0.05, 0.1) is 0 Å². The Bertz CT molecular complexity index is 355. The number of aryl methyl sites for hydroxylation is 1. The van der Waals surface area contributed by atoms with Crippen LogP contribution in [0.3, 0.4) is 0 Å². The Morgan fingerprint density at radius 3 is 2.87 bits per heavy atom. The monoisotopic (exact) mass is 208 g/mol. The largest absolute Gasteiger partial charge is 0.315 e. The number of nitrogens with zero attached hydrogens (tertiary/aromatic N) is 1. The lowest BCUT2D eigenvalue weighted by Gasteiger charge is -2.09. The summed E-state index contributed by atoms with van der Waals surface area (Å²) in [6.07, 6.45) is 1.84. The molecule has 0 aliphatic carbocycles. The van der Waals surface area contributed by atoms with Gasteiger partial charge in [-0.2, -0.15) is 0 Å². The minimum atomic E-state index is 0.115. The fourth-order valence-electron chi connectivity index (χ4n) is 1.42. The van der Waals surface area contributed by atoms with Crippen LogP contribution in [0, 0.1) is 12.8 Å². The van der Waals surface area contributed by atoms with Crippen LogP contribution < -0.4 is 10.9 Å². The summed E-state index contributed by atoms with van der Waals surface area (Å²) < 4.78 is 1.75. The molecule has 1 rings (SSSR count). The Hall–Kier alpha value is -1.09. The number of aromatic nitrogens is 1. The van der Waals surface area contributed by atoms with Crippen LogP contribution in [-0.2, 0) is 6.54 Å². The molecule has 3 nitrogen and oxygen atoms in total. The number of rotatable bonds is 5. The standard InChI is InChI=1S/C12H20N2O/c1-10(2)9-13-6-8-14-7-4-5-11(3)12(14)15/h4-5,7,10,13H,6,8-9H2,1-3H3. The van der Waals surface area contributed by atoms with Gasteiger partial charge in [0.2, 0.25) is 0 Å². The molecule has 0 aromatic carbocycles. The quantitative estimate of drug-likeness (QED) is 0.742. The van der Waals surface area contributed by atoms with E-state index in [0.717, 1.165) is 25.2 Å². The first-order valence-corrected chi connectivity index (χ1v) is 5.48. The summed E-state index contributed by atoms with van der Waals surface area (Å²) in [5.74, 6) is 0.652. The molecule has 84 valence electrons. The minimum absolute atomic E-state index is 0.115. The van der Waals surface area contributed by atoms with Crippen molar-refractivity contribution in [1.29, 1.82) is 0 Å². The van der Waals surface area contributed by atoms with Crippen molar-refractivity contribution in [2.45, 2.75) is 27.3 Å². The second-order valence-corrected chi connectivity index (χ2v) is 4.29. The predicted molar refractivity (Wildman–Crippen MR) is 63.1 cm³/mol. The third-order valence-electron chi connectivity index (χ3n) is 2.29. The number of nitrogens with one attached hydrogen (secondary N) is 1. The molecule has 0 aliphatic rings. The summed E-state index contributed by atoms with van der Waals surface area (Å²) in [6, 6.07) is 3.76. The van der Waals surface area contributed by atoms with Crippen LogP contribution >= 0.6 is 0 Å². The number of pyridine rings is 1. The summed E-state index contributed by atoms with van der Waals surface area (Å²) in [5.41, 5.74) is 0.921. The van der Waals surface area contributed by atoms with Gasteiger partial charge in [0.1, 0.15) is 0 Å². The fourth-order valence-corrected chi connectivity index (χ4v) is 1.42. The van der Waals surface area contributed by atoms with E-state index in [0.29, 0.717) is 5.92 Å². The third-order valence-corrected chi connectivity index (χ3v) is 2.29. The van der Waals surface area contributed by atoms with Gasteiger partial charge in [-0.3, -0.25) is 4.79 Å². The van der Waals surface area contributed by atoms with Gasteiger partial charge in [-0.15, -0.1) is 0 Å². The molecule has 1 heterocycles. The van der Waals surface area contributed by atoms with Crippen LogP contribution in [-0.4, -0.2) is 17.7 Å². The highest BCUT2D eigenvalue weighted by Crippen LogP contribution is 1.89. The second-order valence-electron chi connectivity index (χ2n) is 4.29. The van der Waals surface area contributed by atoms with Crippen LogP contribution in [0.1, 0.15) is 19.4 Å². The van der Waals surface area contributed by atoms with Crippen LogP contribution in [0.25, 0.3) is 0 Å². The van der Waals surface area contributed by atoms with Gasteiger partial charge < -0.3 is 9.88 Å². The topological polar surface area (TPSA) is 34.0 Å². The first-order chi connectivity index (χ1) is 7.11. The Morgan fingerprint density at radius 1 is 1.47 bits per heavy atom. The molecule has 0 spiro atoms. The zero-order valence-electron chi connectivity index (χ0n) is 9.79. The molecule has 0 unspecified atom stereocenters. The molecule has 0 saturated carbocycles. The van der Waals surface area contributed by atoms with E-state index in [-0.39, 0.29) is 5.56 Å². The molecule has 0 amide bonds. The summed E-state index contributed by atoms with van der Waals surface area (Å²) in [4.78, 5) is 11.6. The van der Waals surface area contributed by atoms with Gasteiger partial charge in [0.25, 0.3) is 5.56 Å². The SMILES string of the molecule is Cc1cccn(CCNCC(C)C)c1=O. The average Bonchev–Trinajstić information content (AvgIpc) is 2.18. The zero-order chi connectivity index (χ0) is 11.3. The summed E-state index contributed by atoms with van der Waals surface area (Å²) in [7, 11) is 0. The van der Waals surface area contributed by atoms with Crippen molar-refractivity contribution in [1.82, 2.24) is 9.88 Å². The van der Waals surface area contributed by atoms with E-state index in [4.69, 9.17) is 0 Å². The molecular weight excluding hydrogens is 188 g/mol. The Morgan fingerprint density at radius 2 is 2.20 bits per heavy atom. The maximum atomic E-state index is 11.6. The van der Waals surface area contributed by atoms with Gasteiger partial charge in [0.15, 0.2) is 0 Å². The van der Waals surface area contributed by atoms with E-state index in [1.54, 1.807) is 4.57 Å². The van der Waals surface area contributed by atoms with Crippen molar-refractivity contribution in [3.63, 3.8) is 0 Å². The van der Waals surface area contributed by atoms with Crippen molar-refractivity contribution in [2.24, 2.45) is 5.92 Å². The lowest BCUT2D eigenvalue weighted by Crippen LogP contribution is -2.29. The van der Waals surface area contributed by atoms with Crippen molar-refractivity contribution >= 4 is 0 Å². The van der Waals surface area contributed by atoms with E-state index in [1.165, 1.54) is 0 Å². The highest BCUT2D eigenvalue weighted by molar-refractivity contribution is 5.07. The Balaban J connectivity index is 2.44. The van der Waals surface area contributed by atoms with Crippen molar-refractivity contribution < 1.29 is 0 Å². The van der Waals surface area contributed by atoms with E-state index in [1.807, 2.05) is 25.3 Å². The predicted octanol–water partition coefficient (Wildman–Crippen LogP) is 1.40. The van der Waals surface area contributed by atoms with Crippen molar-refractivity contribution in [3.05, 3.63) is 34.2 Å². The van der Waals surface area contributed by atoms with E-state index in [9.17, 15) is 4.79 Å². The van der Waals surface area contributed by atoms with Gasteiger partial charge in [-0.25, -0.2) is 0 Å². The van der Waals surface area contributed by atoms with Gasteiger partial charge in [-0.1, -0.05) is 19.9 Å². The molecule has 0 radical (unpaired) electrons. The van der Waals surface area contributed by atoms with Crippen LogP contribution in [0.15, 0.2) is 23.1 Å². The van der Waals surface area contributed by atoms with Crippen molar-refractivity contribution in [2.75, 3.05) is 13.1 Å². The van der Waals surface area contributed by atoms with E-state index in [2.05, 4.69) is 19.2 Å². The van der Waals surface area contributed by atoms with Gasteiger partial charge in [-0.05, 0) is 25.5 Å². The Kier molecular flexibility index (Phi) is 4.56. The maximum absolute atomic E-state index is 11.6. The maximum Gasteiger partial charge on any atom is 0.253 e. The normalized spacial score (nSPS) is 10.9. The molecule has 3 heteroatoms. The molecule has 1 aromatic rings. The van der Waals surface area contributed by atoms with Crippen molar-refractivity contribution in [3.8, 4) is 0 Å². The molecule has 0 aliphatic heterocycles. The lowest BCUT2D eigenvalue weighted by atomic mass is 10.2. The summed E-state index contributed by atoms with van der Waals surface area (Å²) in [6.45, 7) is 8.79. The lowest BCUT2D eigenvalue weighted by molar-refractivity contribution is 0.519. The molecule has 15 heavy (non-hydrogen) atoms. The third kappa shape index (κ3) is 3.88. The molecule has 0 atom stereocenters.